The van der Waals surface area contributed by atoms with Crippen LogP contribution in [-0.2, 0) is 0 Å². The van der Waals surface area contributed by atoms with E-state index in [-0.39, 0.29) is 0 Å². The van der Waals surface area contributed by atoms with Crippen molar-refractivity contribution in [1.82, 2.24) is 7.94 Å². The van der Waals surface area contributed by atoms with Gasteiger partial charge in [-0.2, -0.15) is 0 Å². The summed E-state index contributed by atoms with van der Waals surface area (Å²) in [6.07, 6.45) is 7.85. The van der Waals surface area contributed by atoms with Gasteiger partial charge in [0.2, 0.25) is 0 Å². The number of hydrogen-bond donors (Lipinski definition) is 0. The topological polar surface area (TPSA) is 46.9 Å². The maximum Gasteiger partial charge on any atom is 0.252 e. The van der Waals surface area contributed by atoms with E-state index < -0.39 is 0 Å². The zero-order valence-electron chi connectivity index (χ0n) is 10.1. The molecule has 1 aromatic carbocycles. The number of nitrogens with zero attached hydrogens (tertiary/aromatic N) is 5. The van der Waals surface area contributed by atoms with Crippen LogP contribution in [0.15, 0.2) is 58.2 Å². The van der Waals surface area contributed by atoms with Crippen LogP contribution in [0, 0.1) is 0 Å². The summed E-state index contributed by atoms with van der Waals surface area (Å²) in [4.78, 5) is 0. The van der Waals surface area contributed by atoms with Gasteiger partial charge in [-0.1, -0.05) is 23.3 Å². The van der Waals surface area contributed by atoms with E-state index in [4.69, 9.17) is 0 Å². The highest BCUT2D eigenvalue weighted by molar-refractivity contribution is 7.97. The van der Waals surface area contributed by atoms with Crippen molar-refractivity contribution in [3.05, 3.63) is 48.3 Å². The third-order valence-corrected chi connectivity index (χ3v) is 3.53. The Bertz CT molecular complexity index is 560. The molecule has 2 rings (SSSR count). The smallest absolute Gasteiger partial charge is 0.252 e. The fraction of sp³-hybridized carbons (Fsp3) is 0.182. The minimum atomic E-state index is 0.745. The van der Waals surface area contributed by atoms with E-state index in [1.165, 1.54) is 0 Å². The third kappa shape index (κ3) is 3.05. The Kier molecular flexibility index (Phi) is 4.66. The first-order valence-corrected chi connectivity index (χ1v) is 7.60. The van der Waals surface area contributed by atoms with Crippen molar-refractivity contribution in [2.24, 2.45) is 15.4 Å². The number of hydrogen-bond acceptors (Lipinski definition) is 4. The van der Waals surface area contributed by atoms with Gasteiger partial charge in [0.25, 0.3) is 5.62 Å². The van der Waals surface area contributed by atoms with E-state index in [9.17, 15) is 0 Å². The summed E-state index contributed by atoms with van der Waals surface area (Å²) < 4.78 is 3.86. The Hall–Kier alpha value is -1.47. The first-order chi connectivity index (χ1) is 8.85. The van der Waals surface area contributed by atoms with Crippen LogP contribution < -0.4 is 5.62 Å². The van der Waals surface area contributed by atoms with Crippen LogP contribution in [-0.4, -0.2) is 20.5 Å². The van der Waals surface area contributed by atoms with Crippen molar-refractivity contribution < 1.29 is 0 Å². The summed E-state index contributed by atoms with van der Waals surface area (Å²) in [7, 11) is 0. The molecule has 2 aromatic rings. The van der Waals surface area contributed by atoms with Crippen LogP contribution in [0.25, 0.3) is 0 Å². The predicted molar refractivity (Wildman–Crippen MR) is 76.8 cm³/mol. The fourth-order valence-corrected chi connectivity index (χ4v) is 2.31. The maximum atomic E-state index is 4.15. The molecule has 0 saturated carbocycles. The van der Waals surface area contributed by atoms with Crippen LogP contribution in [0.5, 0.6) is 0 Å². The molecule has 0 fully saturated rings. The Morgan fingerprint density at radius 2 is 1.56 bits per heavy atom. The first kappa shape index (κ1) is 13.0. The Morgan fingerprint density at radius 3 is 2.11 bits per heavy atom. The van der Waals surface area contributed by atoms with E-state index >= 15 is 0 Å². The highest BCUT2D eigenvalue weighted by Gasteiger charge is 1.98. The van der Waals surface area contributed by atoms with Gasteiger partial charge in [-0.3, -0.25) is 7.94 Å². The molecule has 5 nitrogen and oxygen atoms in total. The molecule has 0 saturated heterocycles. The maximum absolute atomic E-state index is 4.15. The average Bonchev–Trinajstić information content (AvgIpc) is 2.82. The molecule has 0 radical (unpaired) electrons. The predicted octanol–water partition coefficient (Wildman–Crippen LogP) is 3.14. The zero-order chi connectivity index (χ0) is 12.8. The van der Waals surface area contributed by atoms with Crippen molar-refractivity contribution in [3.63, 3.8) is 0 Å². The highest BCUT2D eigenvalue weighted by Crippen LogP contribution is 2.10. The zero-order valence-corrected chi connectivity index (χ0v) is 11.7. The lowest BCUT2D eigenvalue weighted by molar-refractivity contribution is 0.899. The van der Waals surface area contributed by atoms with Gasteiger partial charge in [-0.25, -0.2) is 0 Å². The molecular formula is C11H13N5S2. The molecule has 1 heterocycles. The summed E-state index contributed by atoms with van der Waals surface area (Å²) in [6, 6.07) is 9.54. The standard InChI is InChI=1S/C11H13N5S2/c1-17-15-8-9-16(18-2)11(15)13-14-12-10-6-4-3-5-7-10/h3-9H,1-2H3/b14-12+. The van der Waals surface area contributed by atoms with Gasteiger partial charge < -0.3 is 0 Å². The Balaban J connectivity index is 2.28. The van der Waals surface area contributed by atoms with Crippen molar-refractivity contribution in [2.75, 3.05) is 12.5 Å². The van der Waals surface area contributed by atoms with Gasteiger partial charge in [0.05, 0.1) is 5.69 Å². The van der Waals surface area contributed by atoms with Crippen molar-refractivity contribution in [1.29, 1.82) is 0 Å². The van der Waals surface area contributed by atoms with E-state index in [1.807, 2.05) is 63.2 Å². The second-order valence-electron chi connectivity index (χ2n) is 3.24. The molecule has 0 amide bonds. The SMILES string of the molecule is CSn1ccn(SC)c1=N/N=N/c1ccccc1. The Morgan fingerprint density at radius 1 is 0.944 bits per heavy atom. The lowest BCUT2D eigenvalue weighted by Gasteiger charge is -1.96. The molecule has 94 valence electrons. The minimum absolute atomic E-state index is 0.745. The Labute approximate surface area is 114 Å². The molecule has 0 N–H and O–H groups in total. The second kappa shape index (κ2) is 6.46. The van der Waals surface area contributed by atoms with Gasteiger partial charge in [0.15, 0.2) is 0 Å². The van der Waals surface area contributed by atoms with Crippen LogP contribution in [0.2, 0.25) is 0 Å². The normalized spacial score (nSPS) is 11.0. The van der Waals surface area contributed by atoms with E-state index in [2.05, 4.69) is 15.4 Å². The summed E-state index contributed by atoms with van der Waals surface area (Å²) >= 11 is 3.13. The fourth-order valence-electron chi connectivity index (χ4n) is 1.33. The summed E-state index contributed by atoms with van der Waals surface area (Å²) in [5.41, 5.74) is 1.54. The molecule has 18 heavy (non-hydrogen) atoms. The highest BCUT2D eigenvalue weighted by atomic mass is 32.2. The summed E-state index contributed by atoms with van der Waals surface area (Å²) in [5.74, 6) is 0. The largest absolute Gasteiger partial charge is 0.258 e. The molecule has 0 atom stereocenters. The van der Waals surface area contributed by atoms with E-state index in [1.54, 1.807) is 23.9 Å². The average molecular weight is 279 g/mol. The van der Waals surface area contributed by atoms with E-state index in [0.717, 1.165) is 11.3 Å². The van der Waals surface area contributed by atoms with Crippen molar-refractivity contribution in [2.45, 2.75) is 0 Å². The van der Waals surface area contributed by atoms with Crippen LogP contribution >= 0.6 is 23.9 Å². The molecule has 0 aliphatic carbocycles. The number of aromatic nitrogens is 2. The summed E-state index contributed by atoms with van der Waals surface area (Å²) in [5, 5.41) is 12.1. The van der Waals surface area contributed by atoms with Crippen LogP contribution in [0.4, 0.5) is 5.69 Å². The molecule has 0 unspecified atom stereocenters. The van der Waals surface area contributed by atoms with Crippen LogP contribution in [0.1, 0.15) is 0 Å². The first-order valence-electron chi connectivity index (χ1n) is 5.24. The molecule has 0 aliphatic heterocycles. The van der Waals surface area contributed by atoms with Gasteiger partial charge in [-0.15, -0.1) is 5.11 Å². The van der Waals surface area contributed by atoms with Gasteiger partial charge in [0, 0.05) is 24.9 Å². The van der Waals surface area contributed by atoms with Gasteiger partial charge in [0.1, 0.15) is 0 Å². The number of benzene rings is 1. The monoisotopic (exact) mass is 279 g/mol. The van der Waals surface area contributed by atoms with Crippen molar-refractivity contribution in [3.8, 4) is 0 Å². The lowest BCUT2D eigenvalue weighted by Crippen LogP contribution is -2.18. The summed E-state index contributed by atoms with van der Waals surface area (Å²) in [6.45, 7) is 0. The van der Waals surface area contributed by atoms with E-state index in [0.29, 0.717) is 0 Å². The lowest BCUT2D eigenvalue weighted by atomic mass is 10.3. The minimum Gasteiger partial charge on any atom is -0.258 e. The quantitative estimate of drug-likeness (QED) is 0.637. The van der Waals surface area contributed by atoms with Crippen molar-refractivity contribution >= 4 is 29.6 Å². The molecule has 0 spiro atoms. The third-order valence-electron chi connectivity index (χ3n) is 2.18. The number of imidazole rings is 1. The molecule has 1 aromatic heterocycles. The second-order valence-corrected chi connectivity index (χ2v) is 4.76. The van der Waals surface area contributed by atoms with Gasteiger partial charge >= 0.3 is 0 Å². The van der Waals surface area contributed by atoms with Crippen LogP contribution in [0.3, 0.4) is 0 Å². The molecule has 0 bridgehead atoms. The molecular weight excluding hydrogens is 266 g/mol. The molecule has 0 aliphatic rings. The van der Waals surface area contributed by atoms with Gasteiger partial charge in [-0.05, 0) is 41.3 Å². The molecule has 7 heteroatoms. The number of rotatable bonds is 4.